The van der Waals surface area contributed by atoms with Crippen LogP contribution in [0.4, 0.5) is 0 Å². The van der Waals surface area contributed by atoms with Gasteiger partial charge in [-0.2, -0.15) is 0 Å². The van der Waals surface area contributed by atoms with E-state index in [4.69, 9.17) is 9.47 Å². The van der Waals surface area contributed by atoms with E-state index in [2.05, 4.69) is 34.6 Å². The van der Waals surface area contributed by atoms with E-state index in [1.807, 2.05) is 13.0 Å². The maximum Gasteiger partial charge on any atom is 0.354 e. The number of hydrogen-bond acceptors (Lipinski definition) is 4. The smallest absolute Gasteiger partial charge is 0.354 e. The monoisotopic (exact) mass is 380 g/mol. The molecule has 5 nitrogen and oxygen atoms in total. The van der Waals surface area contributed by atoms with Crippen LogP contribution in [0.25, 0.3) is 16.6 Å². The van der Waals surface area contributed by atoms with Crippen LogP contribution in [-0.4, -0.2) is 42.2 Å². The van der Waals surface area contributed by atoms with Crippen LogP contribution in [0.2, 0.25) is 0 Å². The predicted octanol–water partition coefficient (Wildman–Crippen LogP) is 4.16. The molecule has 0 unspecified atom stereocenters. The molecule has 0 bridgehead atoms. The number of fused-ring (bicyclic) bond motifs is 3. The van der Waals surface area contributed by atoms with Crippen molar-refractivity contribution in [2.75, 3.05) is 26.8 Å². The Kier molecular flexibility index (Phi) is 4.05. The van der Waals surface area contributed by atoms with E-state index in [1.54, 1.807) is 7.11 Å². The van der Waals surface area contributed by atoms with Crippen molar-refractivity contribution in [2.45, 2.75) is 45.6 Å². The van der Waals surface area contributed by atoms with Gasteiger partial charge in [0.05, 0.1) is 25.3 Å². The quantitative estimate of drug-likeness (QED) is 0.747. The number of methoxy groups -OCH3 is 1. The van der Waals surface area contributed by atoms with E-state index in [9.17, 15) is 4.79 Å². The van der Waals surface area contributed by atoms with E-state index in [0.29, 0.717) is 18.3 Å². The Balaban J connectivity index is 1.84. The normalized spacial score (nSPS) is 26.0. The molecular formula is C23H28N2O3. The molecule has 0 saturated carbocycles. The number of piperidine rings is 1. The van der Waals surface area contributed by atoms with Gasteiger partial charge in [-0.25, -0.2) is 4.79 Å². The summed E-state index contributed by atoms with van der Waals surface area (Å²) < 4.78 is 13.2. The van der Waals surface area contributed by atoms with E-state index in [0.717, 1.165) is 43.6 Å². The number of rotatable bonds is 4. The van der Waals surface area contributed by atoms with Crippen molar-refractivity contribution in [2.24, 2.45) is 5.41 Å². The molecule has 4 heterocycles. The summed E-state index contributed by atoms with van der Waals surface area (Å²) in [5, 5.41) is 1.21. The molecule has 148 valence electrons. The van der Waals surface area contributed by atoms with E-state index < -0.39 is 0 Å². The molecule has 2 aromatic rings. The van der Waals surface area contributed by atoms with Crippen LogP contribution in [0.5, 0.6) is 5.75 Å². The first-order valence-electron chi connectivity index (χ1n) is 10.5. The summed E-state index contributed by atoms with van der Waals surface area (Å²) in [6, 6.07) is 6.54. The second kappa shape index (κ2) is 6.38. The molecule has 1 fully saturated rings. The minimum Gasteiger partial charge on any atom is -0.497 e. The molecule has 3 aliphatic heterocycles. The molecule has 0 aliphatic carbocycles. The minimum atomic E-state index is -0.216. The van der Waals surface area contributed by atoms with Gasteiger partial charge in [-0.3, -0.25) is 4.90 Å². The Morgan fingerprint density at radius 2 is 2.14 bits per heavy atom. The summed E-state index contributed by atoms with van der Waals surface area (Å²) in [7, 11) is 1.71. The molecule has 28 heavy (non-hydrogen) atoms. The first-order chi connectivity index (χ1) is 13.6. The van der Waals surface area contributed by atoms with E-state index >= 15 is 0 Å². The topological polar surface area (TPSA) is 43.7 Å². The molecule has 3 aliphatic rings. The number of carbonyl (C=O) groups excluding carboxylic acids is 1. The van der Waals surface area contributed by atoms with Crippen LogP contribution in [0.1, 0.15) is 50.4 Å². The molecule has 1 aromatic carbocycles. The Bertz CT molecular complexity index is 989. The van der Waals surface area contributed by atoms with Gasteiger partial charge in [-0.15, -0.1) is 0 Å². The van der Waals surface area contributed by atoms with Gasteiger partial charge in [-0.05, 0) is 69.0 Å². The molecule has 1 saturated heterocycles. The van der Waals surface area contributed by atoms with Crippen LogP contribution in [0.15, 0.2) is 24.3 Å². The number of benzene rings is 1. The fourth-order valence-electron chi connectivity index (χ4n) is 5.79. The summed E-state index contributed by atoms with van der Waals surface area (Å²) in [4.78, 5) is 15.7. The second-order valence-corrected chi connectivity index (χ2v) is 8.21. The van der Waals surface area contributed by atoms with Crippen LogP contribution in [0, 0.1) is 5.41 Å². The van der Waals surface area contributed by atoms with E-state index in [-0.39, 0.29) is 11.4 Å². The van der Waals surface area contributed by atoms with Gasteiger partial charge >= 0.3 is 5.97 Å². The summed E-state index contributed by atoms with van der Waals surface area (Å²) >= 11 is 0. The lowest BCUT2D eigenvalue weighted by Crippen LogP contribution is -2.51. The number of nitrogens with zero attached hydrogens (tertiary/aromatic N) is 2. The number of hydrogen-bond donors (Lipinski definition) is 0. The minimum absolute atomic E-state index is 0.00395. The molecule has 0 spiro atoms. The zero-order valence-electron chi connectivity index (χ0n) is 17.0. The third-order valence-corrected chi connectivity index (χ3v) is 7.03. The van der Waals surface area contributed by atoms with Gasteiger partial charge in [0.1, 0.15) is 11.4 Å². The fourth-order valence-corrected chi connectivity index (χ4v) is 5.79. The zero-order valence-corrected chi connectivity index (χ0v) is 17.0. The van der Waals surface area contributed by atoms with E-state index in [1.165, 1.54) is 23.1 Å². The first kappa shape index (κ1) is 17.8. The maximum absolute atomic E-state index is 13.0. The Labute approximate surface area is 165 Å². The SMILES string of the molecule is CCOC(=O)C1=C[C@]2(CC)CCCN3CCc4c(n1c1ccc(OC)cc41)[C@@H]32. The van der Waals surface area contributed by atoms with Gasteiger partial charge in [0, 0.05) is 23.0 Å². The van der Waals surface area contributed by atoms with Crippen molar-refractivity contribution in [1.82, 2.24) is 9.47 Å². The largest absolute Gasteiger partial charge is 0.497 e. The Hall–Kier alpha value is -2.27. The average Bonchev–Trinajstić information content (AvgIpc) is 3.06. The lowest BCUT2D eigenvalue weighted by atomic mass is 9.66. The van der Waals surface area contributed by atoms with Gasteiger partial charge in [0.15, 0.2) is 0 Å². The highest BCUT2D eigenvalue weighted by molar-refractivity contribution is 6.13. The lowest BCUT2D eigenvalue weighted by Gasteiger charge is -2.53. The van der Waals surface area contributed by atoms with Crippen molar-refractivity contribution in [3.05, 3.63) is 35.5 Å². The van der Waals surface area contributed by atoms with Crippen molar-refractivity contribution in [1.29, 1.82) is 0 Å². The second-order valence-electron chi connectivity index (χ2n) is 8.21. The molecule has 2 atom stereocenters. The van der Waals surface area contributed by atoms with Crippen LogP contribution >= 0.6 is 0 Å². The average molecular weight is 380 g/mol. The third kappa shape index (κ3) is 2.26. The standard InChI is InChI=1S/C23H28N2O3/c1-4-23-10-6-11-24-12-9-16-17-13-15(27-3)7-8-18(17)25(20(16)21(23)24)19(14-23)22(26)28-5-2/h7-8,13-14,21H,4-6,9-12H2,1-3H3/t21-,23+/m1/s1. The van der Waals surface area contributed by atoms with Crippen molar-refractivity contribution in [3.63, 3.8) is 0 Å². The van der Waals surface area contributed by atoms with Crippen LogP contribution in [0.3, 0.4) is 0 Å². The Morgan fingerprint density at radius 1 is 1.29 bits per heavy atom. The molecule has 5 heteroatoms. The summed E-state index contributed by atoms with van der Waals surface area (Å²) in [6.45, 7) is 6.74. The van der Waals surface area contributed by atoms with Gasteiger partial charge in [0.2, 0.25) is 0 Å². The number of ether oxygens (including phenoxy) is 2. The fraction of sp³-hybridized carbons (Fsp3) is 0.522. The highest BCUT2D eigenvalue weighted by Gasteiger charge is 2.51. The number of carbonyl (C=O) groups is 1. The molecular weight excluding hydrogens is 352 g/mol. The number of esters is 1. The zero-order chi connectivity index (χ0) is 19.5. The van der Waals surface area contributed by atoms with Gasteiger partial charge in [0.25, 0.3) is 0 Å². The summed E-state index contributed by atoms with van der Waals surface area (Å²) in [5.41, 5.74) is 4.47. The summed E-state index contributed by atoms with van der Waals surface area (Å²) in [5.74, 6) is 0.646. The van der Waals surface area contributed by atoms with Crippen molar-refractivity contribution >= 4 is 22.6 Å². The highest BCUT2D eigenvalue weighted by Crippen LogP contribution is 2.57. The molecule has 1 aromatic heterocycles. The summed E-state index contributed by atoms with van der Waals surface area (Å²) in [6.07, 6.45) is 6.59. The van der Waals surface area contributed by atoms with Crippen molar-refractivity contribution < 1.29 is 14.3 Å². The van der Waals surface area contributed by atoms with Gasteiger partial charge in [-0.1, -0.05) is 6.92 Å². The van der Waals surface area contributed by atoms with Gasteiger partial charge < -0.3 is 14.0 Å². The highest BCUT2D eigenvalue weighted by atomic mass is 16.5. The van der Waals surface area contributed by atoms with Crippen molar-refractivity contribution in [3.8, 4) is 5.75 Å². The molecule has 0 amide bonds. The molecule has 0 N–H and O–H groups in total. The maximum atomic E-state index is 13.0. The van der Waals surface area contributed by atoms with Crippen LogP contribution < -0.4 is 4.74 Å². The molecule has 0 radical (unpaired) electrons. The first-order valence-corrected chi connectivity index (χ1v) is 10.5. The Morgan fingerprint density at radius 3 is 2.89 bits per heavy atom. The lowest BCUT2D eigenvalue weighted by molar-refractivity contribution is -0.136. The number of aromatic nitrogens is 1. The molecule has 5 rings (SSSR count). The van der Waals surface area contributed by atoms with Crippen LogP contribution in [-0.2, 0) is 16.0 Å². The predicted molar refractivity (Wildman–Crippen MR) is 109 cm³/mol. The third-order valence-electron chi connectivity index (χ3n) is 7.03.